The van der Waals surface area contributed by atoms with Crippen molar-refractivity contribution in [2.75, 3.05) is 6.54 Å². The lowest BCUT2D eigenvalue weighted by Gasteiger charge is -2.01. The topological polar surface area (TPSA) is 104 Å². The molecule has 0 aromatic carbocycles. The SMILES string of the molecule is NCC#CC(N)OC(N)=O. The van der Waals surface area contributed by atoms with Crippen LogP contribution in [0.25, 0.3) is 0 Å². The van der Waals surface area contributed by atoms with Gasteiger partial charge < -0.3 is 16.2 Å². The second-order valence-corrected chi connectivity index (χ2v) is 1.38. The molecule has 5 heteroatoms. The molecule has 0 aromatic heterocycles. The first kappa shape index (κ1) is 8.75. The molecule has 0 aromatic rings. The normalized spacial score (nSPS) is 11.0. The van der Waals surface area contributed by atoms with E-state index in [-0.39, 0.29) is 6.54 Å². The van der Waals surface area contributed by atoms with E-state index in [9.17, 15) is 4.79 Å². The van der Waals surface area contributed by atoms with Gasteiger partial charge in [0.05, 0.1) is 6.54 Å². The van der Waals surface area contributed by atoms with Gasteiger partial charge in [-0.15, -0.1) is 0 Å². The van der Waals surface area contributed by atoms with Gasteiger partial charge in [-0.2, -0.15) is 0 Å². The molecule has 5 nitrogen and oxygen atoms in total. The maximum Gasteiger partial charge on any atom is 0.406 e. The number of carbonyl (C=O) groups is 1. The minimum absolute atomic E-state index is 0.176. The van der Waals surface area contributed by atoms with Crippen molar-refractivity contribution in [1.29, 1.82) is 0 Å². The monoisotopic (exact) mass is 143 g/mol. The molecular formula is C5H9N3O2. The molecule has 0 radical (unpaired) electrons. The molecule has 0 heterocycles. The van der Waals surface area contributed by atoms with Crippen LogP contribution < -0.4 is 17.2 Å². The average molecular weight is 143 g/mol. The third-order valence-corrected chi connectivity index (χ3v) is 0.590. The number of hydrogen-bond acceptors (Lipinski definition) is 4. The number of carbonyl (C=O) groups excluding carboxylic acids is 1. The van der Waals surface area contributed by atoms with E-state index in [1.807, 2.05) is 0 Å². The molecule has 1 amide bonds. The predicted molar refractivity (Wildman–Crippen MR) is 35.5 cm³/mol. The van der Waals surface area contributed by atoms with Crippen LogP contribution in [0.2, 0.25) is 0 Å². The van der Waals surface area contributed by atoms with Gasteiger partial charge in [0.1, 0.15) is 0 Å². The van der Waals surface area contributed by atoms with E-state index in [0.29, 0.717) is 0 Å². The summed E-state index contributed by atoms with van der Waals surface area (Å²) in [4.78, 5) is 9.99. The van der Waals surface area contributed by atoms with Gasteiger partial charge in [-0.25, -0.2) is 4.79 Å². The van der Waals surface area contributed by atoms with E-state index in [1.54, 1.807) is 0 Å². The van der Waals surface area contributed by atoms with Gasteiger partial charge in [0.15, 0.2) is 0 Å². The molecular weight excluding hydrogens is 134 g/mol. The van der Waals surface area contributed by atoms with E-state index in [2.05, 4.69) is 22.3 Å². The van der Waals surface area contributed by atoms with Crippen LogP contribution in [0, 0.1) is 11.8 Å². The van der Waals surface area contributed by atoms with Crippen LogP contribution in [-0.2, 0) is 4.74 Å². The summed E-state index contributed by atoms with van der Waals surface area (Å²) in [7, 11) is 0. The predicted octanol–water partition coefficient (Wildman–Crippen LogP) is -1.67. The Labute approximate surface area is 58.5 Å². The highest BCUT2D eigenvalue weighted by atomic mass is 16.6. The maximum absolute atomic E-state index is 9.99. The number of rotatable bonds is 1. The minimum Gasteiger partial charge on any atom is -0.419 e. The quantitative estimate of drug-likeness (QED) is 0.301. The van der Waals surface area contributed by atoms with Crippen molar-refractivity contribution in [3.8, 4) is 11.8 Å². The highest BCUT2D eigenvalue weighted by Gasteiger charge is 1.99. The lowest BCUT2D eigenvalue weighted by molar-refractivity contribution is 0.136. The van der Waals surface area contributed by atoms with Crippen LogP contribution in [0.15, 0.2) is 0 Å². The summed E-state index contributed by atoms with van der Waals surface area (Å²) in [5.41, 5.74) is 14.7. The standard InChI is InChI=1S/C5H9N3O2/c6-3-1-2-4(7)10-5(8)9/h4H,3,6-7H2,(H2,8,9). The van der Waals surface area contributed by atoms with Crippen molar-refractivity contribution < 1.29 is 9.53 Å². The van der Waals surface area contributed by atoms with Gasteiger partial charge in [0, 0.05) is 0 Å². The molecule has 0 aliphatic rings. The van der Waals surface area contributed by atoms with Gasteiger partial charge in [0.2, 0.25) is 6.23 Å². The van der Waals surface area contributed by atoms with Gasteiger partial charge >= 0.3 is 6.09 Å². The highest BCUT2D eigenvalue weighted by molar-refractivity contribution is 5.65. The van der Waals surface area contributed by atoms with Crippen LogP contribution in [0.5, 0.6) is 0 Å². The van der Waals surface area contributed by atoms with Crippen molar-refractivity contribution in [2.45, 2.75) is 6.23 Å². The minimum atomic E-state index is -0.971. The summed E-state index contributed by atoms with van der Waals surface area (Å²) in [6.45, 7) is 0.176. The van der Waals surface area contributed by atoms with Crippen LogP contribution >= 0.6 is 0 Å². The summed E-state index contributed by atoms with van der Waals surface area (Å²) in [6, 6.07) is 0. The summed E-state index contributed by atoms with van der Waals surface area (Å²) >= 11 is 0. The van der Waals surface area contributed by atoms with Crippen LogP contribution in [0.1, 0.15) is 0 Å². The van der Waals surface area contributed by atoms with Crippen molar-refractivity contribution in [3.63, 3.8) is 0 Å². The van der Waals surface area contributed by atoms with Crippen molar-refractivity contribution in [1.82, 2.24) is 0 Å². The molecule has 1 atom stereocenters. The molecule has 0 spiro atoms. The van der Waals surface area contributed by atoms with E-state index in [4.69, 9.17) is 11.5 Å². The molecule has 0 aliphatic heterocycles. The number of nitrogens with two attached hydrogens (primary N) is 3. The lowest BCUT2D eigenvalue weighted by Crippen LogP contribution is -2.28. The van der Waals surface area contributed by atoms with E-state index in [1.165, 1.54) is 0 Å². The smallest absolute Gasteiger partial charge is 0.406 e. The molecule has 0 bridgehead atoms. The number of primary amides is 1. The number of hydrogen-bond donors (Lipinski definition) is 3. The lowest BCUT2D eigenvalue weighted by atomic mass is 10.5. The molecule has 0 aliphatic carbocycles. The summed E-state index contributed by atoms with van der Waals surface area (Å²) in [5.74, 6) is 4.77. The van der Waals surface area contributed by atoms with Crippen LogP contribution in [0.3, 0.4) is 0 Å². The number of ether oxygens (including phenoxy) is 1. The Morgan fingerprint density at radius 3 is 2.70 bits per heavy atom. The van der Waals surface area contributed by atoms with Gasteiger partial charge in [-0.3, -0.25) is 5.73 Å². The van der Waals surface area contributed by atoms with E-state index in [0.717, 1.165) is 0 Å². The van der Waals surface area contributed by atoms with Gasteiger partial charge in [-0.05, 0) is 5.92 Å². The summed E-state index contributed by atoms with van der Waals surface area (Å²) < 4.78 is 4.24. The Balaban J connectivity index is 3.63. The maximum atomic E-state index is 9.99. The summed E-state index contributed by atoms with van der Waals surface area (Å²) in [6.07, 6.45) is -1.92. The second kappa shape index (κ2) is 4.61. The summed E-state index contributed by atoms with van der Waals surface area (Å²) in [5, 5.41) is 0. The third-order valence-electron chi connectivity index (χ3n) is 0.590. The first-order valence-electron chi connectivity index (χ1n) is 2.57. The highest BCUT2D eigenvalue weighted by Crippen LogP contribution is 1.77. The average Bonchev–Trinajstić information content (AvgIpc) is 1.82. The molecule has 0 saturated heterocycles. The molecule has 1 unspecified atom stereocenters. The fourth-order valence-corrected chi connectivity index (χ4v) is 0.314. The van der Waals surface area contributed by atoms with Crippen molar-refractivity contribution in [3.05, 3.63) is 0 Å². The molecule has 0 fully saturated rings. The fourth-order valence-electron chi connectivity index (χ4n) is 0.314. The zero-order chi connectivity index (χ0) is 7.98. The van der Waals surface area contributed by atoms with Crippen molar-refractivity contribution >= 4 is 6.09 Å². The van der Waals surface area contributed by atoms with Gasteiger partial charge in [-0.1, -0.05) is 5.92 Å². The zero-order valence-corrected chi connectivity index (χ0v) is 5.33. The molecule has 0 rings (SSSR count). The largest absolute Gasteiger partial charge is 0.419 e. The first-order valence-corrected chi connectivity index (χ1v) is 2.57. The van der Waals surface area contributed by atoms with E-state index >= 15 is 0 Å². The molecule has 56 valence electrons. The Morgan fingerprint density at radius 1 is 1.70 bits per heavy atom. The molecule has 0 saturated carbocycles. The van der Waals surface area contributed by atoms with Gasteiger partial charge in [0.25, 0.3) is 0 Å². The fraction of sp³-hybridized carbons (Fsp3) is 0.400. The Bertz CT molecular complexity index is 169. The first-order chi connectivity index (χ1) is 4.66. The van der Waals surface area contributed by atoms with E-state index < -0.39 is 12.3 Å². The third kappa shape index (κ3) is 4.90. The second-order valence-electron chi connectivity index (χ2n) is 1.38. The zero-order valence-electron chi connectivity index (χ0n) is 5.33. The van der Waals surface area contributed by atoms with Crippen LogP contribution in [0.4, 0.5) is 4.79 Å². The Kier molecular flexibility index (Phi) is 4.04. The Morgan fingerprint density at radius 2 is 2.30 bits per heavy atom. The molecule has 10 heavy (non-hydrogen) atoms. The Hall–Kier alpha value is -1.25. The van der Waals surface area contributed by atoms with Crippen LogP contribution in [-0.4, -0.2) is 18.9 Å². The number of amides is 1. The molecule has 6 N–H and O–H groups in total. The van der Waals surface area contributed by atoms with Crippen molar-refractivity contribution in [2.24, 2.45) is 17.2 Å².